The van der Waals surface area contributed by atoms with Crippen molar-refractivity contribution in [2.75, 3.05) is 14.2 Å². The van der Waals surface area contributed by atoms with Crippen LogP contribution in [0.25, 0.3) is 0 Å². The van der Waals surface area contributed by atoms with E-state index in [1.165, 1.54) is 9.75 Å². The molecule has 0 bridgehead atoms. The SMILES string of the molecule is COc1ccsc1Cc1sccc1OC. The Labute approximate surface area is 97.1 Å². The minimum Gasteiger partial charge on any atom is -0.496 e. The molecule has 0 fully saturated rings. The number of ether oxygens (including phenoxy) is 2. The van der Waals surface area contributed by atoms with Crippen LogP contribution in [-0.4, -0.2) is 14.2 Å². The van der Waals surface area contributed by atoms with Crippen LogP contribution in [0, 0.1) is 0 Å². The van der Waals surface area contributed by atoms with Crippen molar-refractivity contribution in [1.29, 1.82) is 0 Å². The largest absolute Gasteiger partial charge is 0.496 e. The highest BCUT2D eigenvalue weighted by atomic mass is 32.1. The molecule has 2 nitrogen and oxygen atoms in total. The second-order valence-electron chi connectivity index (χ2n) is 3.00. The fourth-order valence-corrected chi connectivity index (χ4v) is 3.22. The second kappa shape index (κ2) is 4.68. The Morgan fingerprint density at radius 2 is 1.40 bits per heavy atom. The van der Waals surface area contributed by atoms with Gasteiger partial charge in [-0.2, -0.15) is 0 Å². The molecule has 0 unspecified atom stereocenters. The molecule has 2 aromatic rings. The molecule has 0 aromatic carbocycles. The van der Waals surface area contributed by atoms with Gasteiger partial charge in [0.2, 0.25) is 0 Å². The number of hydrogen-bond donors (Lipinski definition) is 0. The van der Waals surface area contributed by atoms with Gasteiger partial charge in [-0.25, -0.2) is 0 Å². The molecule has 0 amide bonds. The van der Waals surface area contributed by atoms with Gasteiger partial charge < -0.3 is 9.47 Å². The van der Waals surface area contributed by atoms with E-state index in [1.54, 1.807) is 36.9 Å². The van der Waals surface area contributed by atoms with E-state index in [0.29, 0.717) is 0 Å². The van der Waals surface area contributed by atoms with Gasteiger partial charge in [0.1, 0.15) is 11.5 Å². The highest BCUT2D eigenvalue weighted by Gasteiger charge is 2.10. The Kier molecular flexibility index (Phi) is 3.28. The first-order chi connectivity index (χ1) is 7.35. The van der Waals surface area contributed by atoms with Gasteiger partial charge in [-0.1, -0.05) is 0 Å². The number of thiophene rings is 2. The Morgan fingerprint density at radius 3 is 1.80 bits per heavy atom. The zero-order valence-corrected chi connectivity index (χ0v) is 10.3. The van der Waals surface area contributed by atoms with Gasteiger partial charge in [-0.3, -0.25) is 0 Å². The third kappa shape index (κ3) is 2.16. The molecule has 2 aromatic heterocycles. The Morgan fingerprint density at radius 1 is 0.933 bits per heavy atom. The van der Waals surface area contributed by atoms with Crippen LogP contribution < -0.4 is 9.47 Å². The van der Waals surface area contributed by atoms with E-state index in [4.69, 9.17) is 9.47 Å². The minimum atomic E-state index is 0.891. The number of hydrogen-bond acceptors (Lipinski definition) is 4. The van der Waals surface area contributed by atoms with Gasteiger partial charge in [0, 0.05) is 6.42 Å². The summed E-state index contributed by atoms with van der Waals surface area (Å²) < 4.78 is 10.6. The number of methoxy groups -OCH3 is 2. The molecule has 2 rings (SSSR count). The maximum absolute atomic E-state index is 5.28. The average Bonchev–Trinajstić information content (AvgIpc) is 2.87. The molecule has 0 aliphatic carbocycles. The van der Waals surface area contributed by atoms with Crippen molar-refractivity contribution in [3.8, 4) is 11.5 Å². The van der Waals surface area contributed by atoms with Crippen LogP contribution in [0.4, 0.5) is 0 Å². The summed E-state index contributed by atoms with van der Waals surface area (Å²) in [6.45, 7) is 0. The lowest BCUT2D eigenvalue weighted by Crippen LogP contribution is -1.89. The van der Waals surface area contributed by atoms with Gasteiger partial charge in [0.25, 0.3) is 0 Å². The molecule has 15 heavy (non-hydrogen) atoms. The van der Waals surface area contributed by atoms with E-state index in [9.17, 15) is 0 Å². The van der Waals surface area contributed by atoms with Crippen molar-refractivity contribution in [1.82, 2.24) is 0 Å². The summed E-state index contributed by atoms with van der Waals surface area (Å²) >= 11 is 3.44. The molecule has 0 radical (unpaired) electrons. The van der Waals surface area contributed by atoms with Crippen LogP contribution >= 0.6 is 22.7 Å². The first-order valence-electron chi connectivity index (χ1n) is 4.56. The first-order valence-corrected chi connectivity index (χ1v) is 6.31. The fourth-order valence-electron chi connectivity index (χ4n) is 1.43. The van der Waals surface area contributed by atoms with Crippen molar-refractivity contribution in [2.45, 2.75) is 6.42 Å². The van der Waals surface area contributed by atoms with Crippen LogP contribution in [0.15, 0.2) is 22.9 Å². The minimum absolute atomic E-state index is 0.891. The van der Waals surface area contributed by atoms with Crippen LogP contribution in [-0.2, 0) is 6.42 Å². The van der Waals surface area contributed by atoms with Gasteiger partial charge >= 0.3 is 0 Å². The highest BCUT2D eigenvalue weighted by molar-refractivity contribution is 7.11. The molecule has 4 heteroatoms. The molecular formula is C11H12O2S2. The molecule has 0 aliphatic heterocycles. The van der Waals surface area contributed by atoms with Crippen molar-refractivity contribution < 1.29 is 9.47 Å². The predicted molar refractivity (Wildman–Crippen MR) is 64.5 cm³/mol. The zero-order chi connectivity index (χ0) is 10.7. The van der Waals surface area contributed by atoms with E-state index < -0.39 is 0 Å². The van der Waals surface area contributed by atoms with Crippen molar-refractivity contribution >= 4 is 22.7 Å². The lowest BCUT2D eigenvalue weighted by atomic mass is 10.2. The molecule has 0 atom stereocenters. The zero-order valence-electron chi connectivity index (χ0n) is 8.65. The van der Waals surface area contributed by atoms with Crippen molar-refractivity contribution in [2.24, 2.45) is 0 Å². The smallest absolute Gasteiger partial charge is 0.133 e. The van der Waals surface area contributed by atoms with Gasteiger partial charge in [0.15, 0.2) is 0 Å². The quantitative estimate of drug-likeness (QED) is 0.815. The number of rotatable bonds is 4. The van der Waals surface area contributed by atoms with E-state index >= 15 is 0 Å². The van der Waals surface area contributed by atoms with Crippen molar-refractivity contribution in [3.05, 3.63) is 32.6 Å². The van der Waals surface area contributed by atoms with Gasteiger partial charge in [-0.05, 0) is 22.9 Å². The monoisotopic (exact) mass is 240 g/mol. The van der Waals surface area contributed by atoms with E-state index in [0.717, 1.165) is 17.9 Å². The first kappa shape index (κ1) is 10.5. The van der Waals surface area contributed by atoms with E-state index in [2.05, 4.69) is 0 Å². The average molecular weight is 240 g/mol. The van der Waals surface area contributed by atoms with E-state index in [1.807, 2.05) is 22.9 Å². The Balaban J connectivity index is 2.21. The summed E-state index contributed by atoms with van der Waals surface area (Å²) in [7, 11) is 3.41. The maximum atomic E-state index is 5.28. The Bertz CT molecular complexity index is 391. The summed E-state index contributed by atoms with van der Waals surface area (Å²) in [4.78, 5) is 2.50. The highest BCUT2D eigenvalue weighted by Crippen LogP contribution is 2.33. The second-order valence-corrected chi connectivity index (χ2v) is 5.00. The van der Waals surface area contributed by atoms with Crippen LogP contribution in [0.3, 0.4) is 0 Å². The third-order valence-corrected chi connectivity index (χ3v) is 3.97. The van der Waals surface area contributed by atoms with Crippen molar-refractivity contribution in [3.63, 3.8) is 0 Å². The summed E-state index contributed by atoms with van der Waals surface area (Å²) in [5.41, 5.74) is 0. The lowest BCUT2D eigenvalue weighted by Gasteiger charge is -2.03. The molecule has 0 spiro atoms. The van der Waals surface area contributed by atoms with Gasteiger partial charge in [0.05, 0.1) is 24.0 Å². The molecule has 0 saturated carbocycles. The summed E-state index contributed by atoms with van der Waals surface area (Å²) in [6, 6.07) is 4.00. The summed E-state index contributed by atoms with van der Waals surface area (Å²) in [6.07, 6.45) is 0.891. The summed E-state index contributed by atoms with van der Waals surface area (Å²) in [5.74, 6) is 1.94. The Hall–Kier alpha value is -1.00. The van der Waals surface area contributed by atoms with E-state index in [-0.39, 0.29) is 0 Å². The normalized spacial score (nSPS) is 10.3. The van der Waals surface area contributed by atoms with Crippen LogP contribution in [0.2, 0.25) is 0 Å². The van der Waals surface area contributed by atoms with Gasteiger partial charge in [-0.15, -0.1) is 22.7 Å². The molecule has 0 saturated heterocycles. The molecule has 2 heterocycles. The molecule has 0 aliphatic rings. The third-order valence-electron chi connectivity index (χ3n) is 2.17. The molecule has 0 N–H and O–H groups in total. The fraction of sp³-hybridized carbons (Fsp3) is 0.273. The maximum Gasteiger partial charge on any atom is 0.133 e. The standard InChI is InChI=1S/C11H12O2S2/c1-12-8-3-5-14-10(8)7-11-9(13-2)4-6-15-11/h3-6H,7H2,1-2H3. The van der Waals surface area contributed by atoms with Crippen LogP contribution in [0.5, 0.6) is 11.5 Å². The van der Waals surface area contributed by atoms with Crippen LogP contribution in [0.1, 0.15) is 9.75 Å². The lowest BCUT2D eigenvalue weighted by molar-refractivity contribution is 0.409. The summed E-state index contributed by atoms with van der Waals surface area (Å²) in [5, 5.41) is 4.10. The topological polar surface area (TPSA) is 18.5 Å². The molecular weight excluding hydrogens is 228 g/mol. The molecule has 80 valence electrons. The predicted octanol–water partition coefficient (Wildman–Crippen LogP) is 3.42.